The van der Waals surface area contributed by atoms with Crippen molar-refractivity contribution in [1.82, 2.24) is 9.13 Å². The van der Waals surface area contributed by atoms with E-state index < -0.39 is 0 Å². The van der Waals surface area contributed by atoms with Gasteiger partial charge in [0, 0.05) is 31.8 Å². The lowest BCUT2D eigenvalue weighted by atomic mass is 10.2. The topological polar surface area (TPSA) is 61.1 Å². The van der Waals surface area contributed by atoms with Crippen LogP contribution >= 0.6 is 0 Å². The number of hydrogen-bond acceptors (Lipinski definition) is 3. The van der Waals surface area contributed by atoms with Crippen LogP contribution in [0.5, 0.6) is 0 Å². The van der Waals surface area contributed by atoms with E-state index in [-0.39, 0.29) is 17.0 Å². The van der Waals surface area contributed by atoms with Crippen molar-refractivity contribution in [2.75, 3.05) is 0 Å². The summed E-state index contributed by atoms with van der Waals surface area (Å²) in [5.41, 5.74) is -0.551. The largest absolute Gasteiger partial charge is 0.330 e. The van der Waals surface area contributed by atoms with Gasteiger partial charge in [0.2, 0.25) is 0 Å². The molecule has 1 aromatic heterocycles. The molecule has 1 rings (SSSR count). The van der Waals surface area contributed by atoms with Gasteiger partial charge in [-0.25, -0.2) is 4.79 Å². The number of aryl methyl sites for hydroxylation is 1. The number of Topliss-reactive ketones (excluding diaryl/α,β-unsaturated/α-hetero) is 1. The number of hydrogen-bond donors (Lipinski definition) is 0. The number of rotatable bonds is 6. The number of nitrogens with zero attached hydrogens (tertiary/aromatic N) is 2. The van der Waals surface area contributed by atoms with Crippen LogP contribution in [0.25, 0.3) is 0 Å². The highest BCUT2D eigenvalue weighted by Gasteiger charge is 2.03. The van der Waals surface area contributed by atoms with Gasteiger partial charge in [0.05, 0.1) is 0 Å². The van der Waals surface area contributed by atoms with Crippen LogP contribution in [0.4, 0.5) is 0 Å². The summed E-state index contributed by atoms with van der Waals surface area (Å²) in [6.07, 6.45) is 3.39. The highest BCUT2D eigenvalue weighted by Crippen LogP contribution is 1.97. The summed E-state index contributed by atoms with van der Waals surface area (Å²) in [5, 5.41) is 0. The van der Waals surface area contributed by atoms with E-state index in [9.17, 15) is 14.4 Å². The van der Waals surface area contributed by atoms with Crippen LogP contribution in [0.2, 0.25) is 0 Å². The summed E-state index contributed by atoms with van der Waals surface area (Å²) in [4.78, 5) is 34.1. The first-order valence-corrected chi connectivity index (χ1v) is 5.86. The van der Waals surface area contributed by atoms with Gasteiger partial charge in [0.25, 0.3) is 5.56 Å². The van der Waals surface area contributed by atoms with Crippen LogP contribution in [0.15, 0.2) is 21.9 Å². The average Bonchev–Trinajstić information content (AvgIpc) is 2.27. The van der Waals surface area contributed by atoms with Crippen molar-refractivity contribution < 1.29 is 4.79 Å². The Balaban J connectivity index is 2.74. The minimum atomic E-state index is -0.275. The quantitative estimate of drug-likeness (QED) is 0.688. The first-order valence-electron chi connectivity index (χ1n) is 5.86. The Labute approximate surface area is 99.7 Å². The molecule has 0 N–H and O–H groups in total. The van der Waals surface area contributed by atoms with Gasteiger partial charge in [-0.15, -0.1) is 0 Å². The number of carbonyl (C=O) groups excluding carboxylic acids is 1. The minimum Gasteiger partial charge on any atom is -0.301 e. The third kappa shape index (κ3) is 3.69. The number of carbonyl (C=O) groups is 1. The maximum atomic E-state index is 11.8. The molecule has 0 saturated heterocycles. The summed E-state index contributed by atoms with van der Waals surface area (Å²) < 4.78 is 2.72. The molecule has 1 heterocycles. The van der Waals surface area contributed by atoms with E-state index in [1.165, 1.54) is 21.4 Å². The Kier molecular flexibility index (Phi) is 4.87. The Morgan fingerprint density at radius 3 is 2.59 bits per heavy atom. The number of ketones is 1. The lowest BCUT2D eigenvalue weighted by molar-refractivity contribution is -0.117. The molecular weight excluding hydrogens is 220 g/mol. The molecule has 0 aliphatic carbocycles. The SMILES string of the molecule is CCn1ccc(=O)n(CCCCC(C)=O)c1=O. The summed E-state index contributed by atoms with van der Waals surface area (Å²) in [5.74, 6) is 0.136. The van der Waals surface area contributed by atoms with Crippen molar-refractivity contribution in [3.8, 4) is 0 Å². The number of unbranched alkanes of at least 4 members (excludes halogenated alkanes) is 1. The molecule has 0 aromatic carbocycles. The van der Waals surface area contributed by atoms with E-state index in [4.69, 9.17) is 0 Å². The molecule has 94 valence electrons. The predicted octanol–water partition coefficient (Wildman–Crippen LogP) is 0.789. The molecule has 17 heavy (non-hydrogen) atoms. The van der Waals surface area contributed by atoms with E-state index in [2.05, 4.69) is 0 Å². The second-order valence-electron chi connectivity index (χ2n) is 4.03. The molecule has 5 heteroatoms. The first kappa shape index (κ1) is 13.4. The molecule has 0 atom stereocenters. The summed E-state index contributed by atoms with van der Waals surface area (Å²) in [6.45, 7) is 4.32. The van der Waals surface area contributed by atoms with Crippen LogP contribution in [-0.2, 0) is 17.9 Å². The summed E-state index contributed by atoms with van der Waals surface area (Å²) >= 11 is 0. The Morgan fingerprint density at radius 1 is 1.29 bits per heavy atom. The molecular formula is C12H18N2O3. The van der Waals surface area contributed by atoms with Crippen LogP contribution in [0.3, 0.4) is 0 Å². The molecule has 0 fully saturated rings. The second-order valence-corrected chi connectivity index (χ2v) is 4.03. The normalized spacial score (nSPS) is 10.5. The van der Waals surface area contributed by atoms with Crippen molar-refractivity contribution >= 4 is 5.78 Å². The van der Waals surface area contributed by atoms with Gasteiger partial charge < -0.3 is 9.36 Å². The van der Waals surface area contributed by atoms with Crippen molar-refractivity contribution in [2.45, 2.75) is 46.2 Å². The molecule has 0 aliphatic heterocycles. The van der Waals surface area contributed by atoms with E-state index in [0.29, 0.717) is 32.4 Å². The molecule has 0 aliphatic rings. The molecule has 0 amide bonds. The second kappa shape index (κ2) is 6.18. The Morgan fingerprint density at radius 2 is 2.00 bits per heavy atom. The van der Waals surface area contributed by atoms with Gasteiger partial charge >= 0.3 is 5.69 Å². The fourth-order valence-corrected chi connectivity index (χ4v) is 1.65. The minimum absolute atomic E-state index is 0.136. The van der Waals surface area contributed by atoms with E-state index in [1.54, 1.807) is 6.92 Å². The zero-order chi connectivity index (χ0) is 12.8. The third-order valence-corrected chi connectivity index (χ3v) is 2.64. The van der Waals surface area contributed by atoms with Crippen molar-refractivity contribution in [2.24, 2.45) is 0 Å². The Hall–Kier alpha value is -1.65. The van der Waals surface area contributed by atoms with Crippen LogP contribution < -0.4 is 11.2 Å². The molecule has 0 radical (unpaired) electrons. The van der Waals surface area contributed by atoms with Crippen LogP contribution in [0.1, 0.15) is 33.1 Å². The van der Waals surface area contributed by atoms with Gasteiger partial charge in [0.1, 0.15) is 5.78 Å². The number of aromatic nitrogens is 2. The van der Waals surface area contributed by atoms with E-state index >= 15 is 0 Å². The molecule has 0 saturated carbocycles. The Bertz CT molecular complexity index is 499. The molecule has 0 bridgehead atoms. The average molecular weight is 238 g/mol. The maximum Gasteiger partial charge on any atom is 0.330 e. The molecule has 5 nitrogen and oxygen atoms in total. The summed E-state index contributed by atoms with van der Waals surface area (Å²) in [7, 11) is 0. The molecule has 1 aromatic rings. The van der Waals surface area contributed by atoms with Gasteiger partial charge in [0.15, 0.2) is 0 Å². The first-order chi connectivity index (χ1) is 8.06. The van der Waals surface area contributed by atoms with Crippen LogP contribution in [-0.4, -0.2) is 14.9 Å². The van der Waals surface area contributed by atoms with Crippen molar-refractivity contribution in [1.29, 1.82) is 0 Å². The van der Waals surface area contributed by atoms with Crippen molar-refractivity contribution in [3.05, 3.63) is 33.1 Å². The van der Waals surface area contributed by atoms with Gasteiger partial charge in [-0.2, -0.15) is 0 Å². The van der Waals surface area contributed by atoms with Gasteiger partial charge in [-0.1, -0.05) is 0 Å². The van der Waals surface area contributed by atoms with Gasteiger partial charge in [-0.05, 0) is 26.7 Å². The highest BCUT2D eigenvalue weighted by atomic mass is 16.2. The predicted molar refractivity (Wildman–Crippen MR) is 65.2 cm³/mol. The highest BCUT2D eigenvalue weighted by molar-refractivity contribution is 5.75. The van der Waals surface area contributed by atoms with Gasteiger partial charge in [-0.3, -0.25) is 9.36 Å². The van der Waals surface area contributed by atoms with E-state index in [0.717, 1.165) is 0 Å². The molecule has 0 spiro atoms. The monoisotopic (exact) mass is 238 g/mol. The third-order valence-electron chi connectivity index (χ3n) is 2.64. The van der Waals surface area contributed by atoms with E-state index in [1.807, 2.05) is 6.92 Å². The standard InChI is InChI=1S/C12H18N2O3/c1-3-13-9-7-11(16)14(12(13)17)8-5-4-6-10(2)15/h7,9H,3-6,8H2,1-2H3. The lowest BCUT2D eigenvalue weighted by Gasteiger charge is -2.07. The fourth-order valence-electron chi connectivity index (χ4n) is 1.65. The molecule has 0 unspecified atom stereocenters. The smallest absolute Gasteiger partial charge is 0.301 e. The zero-order valence-corrected chi connectivity index (χ0v) is 10.3. The maximum absolute atomic E-state index is 11.8. The summed E-state index contributed by atoms with van der Waals surface area (Å²) in [6, 6.07) is 1.40. The zero-order valence-electron chi connectivity index (χ0n) is 10.3. The van der Waals surface area contributed by atoms with Crippen LogP contribution in [0, 0.1) is 0 Å². The lowest BCUT2D eigenvalue weighted by Crippen LogP contribution is -2.38. The fraction of sp³-hybridized carbons (Fsp3) is 0.583. The van der Waals surface area contributed by atoms with Crippen molar-refractivity contribution in [3.63, 3.8) is 0 Å².